The average molecular weight is 461 g/mol. The van der Waals surface area contributed by atoms with Crippen LogP contribution in [0.5, 0.6) is 17.2 Å². The van der Waals surface area contributed by atoms with Crippen LogP contribution >= 0.6 is 0 Å². The first-order valence-electron chi connectivity index (χ1n) is 11.5. The van der Waals surface area contributed by atoms with E-state index >= 15 is 0 Å². The van der Waals surface area contributed by atoms with Crippen LogP contribution in [0.15, 0.2) is 120 Å². The number of nitrogens with zero attached hydrogens (tertiary/aromatic N) is 2. The first-order valence-corrected chi connectivity index (χ1v) is 11.5. The van der Waals surface area contributed by atoms with Crippen LogP contribution in [0.1, 0.15) is 18.1 Å². The molecule has 0 aromatic heterocycles. The number of carbonyl (C=O) groups excluding carboxylic acids is 1. The molecular weight excluding hydrogens is 436 g/mol. The van der Waals surface area contributed by atoms with E-state index in [4.69, 9.17) is 14.5 Å². The molecule has 0 unspecified atom stereocenters. The van der Waals surface area contributed by atoms with Crippen LogP contribution in [-0.2, 0) is 4.79 Å². The molecule has 35 heavy (non-hydrogen) atoms. The van der Waals surface area contributed by atoms with Crippen molar-refractivity contribution in [2.75, 3.05) is 11.5 Å². The Labute approximate surface area is 204 Å². The van der Waals surface area contributed by atoms with Crippen molar-refractivity contribution in [1.82, 2.24) is 0 Å². The molecule has 4 aromatic rings. The van der Waals surface area contributed by atoms with Crippen LogP contribution in [-0.4, -0.2) is 18.3 Å². The average Bonchev–Trinajstić information content (AvgIpc) is 3.22. The minimum Gasteiger partial charge on any atom is -0.494 e. The number of aliphatic imine (C=N–C) groups is 1. The molecule has 0 saturated heterocycles. The summed E-state index contributed by atoms with van der Waals surface area (Å²) in [5.41, 5.74) is 2.77. The van der Waals surface area contributed by atoms with Crippen molar-refractivity contribution in [2.45, 2.75) is 6.92 Å². The molecule has 5 nitrogen and oxygen atoms in total. The van der Waals surface area contributed by atoms with Crippen molar-refractivity contribution in [3.63, 3.8) is 0 Å². The number of anilines is 1. The Morgan fingerprint density at radius 1 is 0.771 bits per heavy atom. The highest BCUT2D eigenvalue weighted by Gasteiger charge is 2.32. The predicted octanol–water partition coefficient (Wildman–Crippen LogP) is 6.71. The first-order chi connectivity index (χ1) is 17.2. The predicted molar refractivity (Wildman–Crippen MR) is 139 cm³/mol. The summed E-state index contributed by atoms with van der Waals surface area (Å²) < 4.78 is 11.5. The number of hydrogen-bond acceptors (Lipinski definition) is 4. The van der Waals surface area contributed by atoms with Gasteiger partial charge in [0.05, 0.1) is 12.3 Å². The van der Waals surface area contributed by atoms with Crippen LogP contribution < -0.4 is 14.4 Å². The van der Waals surface area contributed by atoms with Gasteiger partial charge in [-0.05, 0) is 67.1 Å². The van der Waals surface area contributed by atoms with Gasteiger partial charge >= 0.3 is 0 Å². The van der Waals surface area contributed by atoms with E-state index < -0.39 is 0 Å². The van der Waals surface area contributed by atoms with Crippen LogP contribution in [0.3, 0.4) is 0 Å². The molecule has 0 bridgehead atoms. The third-order valence-electron chi connectivity index (χ3n) is 5.44. The van der Waals surface area contributed by atoms with E-state index in [9.17, 15) is 4.79 Å². The summed E-state index contributed by atoms with van der Waals surface area (Å²) in [7, 11) is 0. The Morgan fingerprint density at radius 3 is 2.17 bits per heavy atom. The number of rotatable bonds is 7. The first kappa shape index (κ1) is 22.2. The van der Waals surface area contributed by atoms with E-state index in [0.717, 1.165) is 28.3 Å². The summed E-state index contributed by atoms with van der Waals surface area (Å²) in [5, 5.41) is 0. The summed E-state index contributed by atoms with van der Waals surface area (Å²) in [5.74, 6) is 2.59. The summed E-state index contributed by atoms with van der Waals surface area (Å²) in [6.45, 7) is 2.52. The number of para-hydroxylation sites is 1. The van der Waals surface area contributed by atoms with Gasteiger partial charge in [0, 0.05) is 5.56 Å². The zero-order valence-electron chi connectivity index (χ0n) is 19.3. The molecule has 1 aliphatic heterocycles. The van der Waals surface area contributed by atoms with Crippen molar-refractivity contribution >= 4 is 23.5 Å². The lowest BCUT2D eigenvalue weighted by atomic mass is 10.1. The molecule has 5 heteroatoms. The van der Waals surface area contributed by atoms with Crippen LogP contribution in [0, 0.1) is 0 Å². The minimum absolute atomic E-state index is 0.192. The lowest BCUT2D eigenvalue weighted by molar-refractivity contribution is -0.113. The van der Waals surface area contributed by atoms with E-state index in [1.165, 1.54) is 0 Å². The van der Waals surface area contributed by atoms with Crippen molar-refractivity contribution in [3.8, 4) is 17.2 Å². The summed E-state index contributed by atoms with van der Waals surface area (Å²) in [4.78, 5) is 19.9. The molecule has 0 aliphatic carbocycles. The maximum absolute atomic E-state index is 13.6. The van der Waals surface area contributed by atoms with E-state index in [1.807, 2.05) is 116 Å². The number of benzene rings is 4. The molecular formula is C30H24N2O3. The van der Waals surface area contributed by atoms with E-state index in [0.29, 0.717) is 23.9 Å². The second kappa shape index (κ2) is 10.1. The molecule has 4 aromatic carbocycles. The van der Waals surface area contributed by atoms with Gasteiger partial charge in [0.15, 0.2) is 0 Å². The maximum atomic E-state index is 13.6. The molecule has 0 fully saturated rings. The standard InChI is InChI=1S/C30H24N2O3/c1-2-34-25-18-16-24(17-19-25)32-29(23-11-5-3-6-12-23)31-28(30(32)33)21-22-10-9-15-27(20-22)35-26-13-7-4-8-14-26/h3-21H,2H2,1H3/b28-21+. The lowest BCUT2D eigenvalue weighted by Crippen LogP contribution is -2.32. The van der Waals surface area contributed by atoms with Gasteiger partial charge in [0.25, 0.3) is 5.91 Å². The third kappa shape index (κ3) is 4.99. The molecule has 0 N–H and O–H groups in total. The molecule has 0 radical (unpaired) electrons. The monoisotopic (exact) mass is 460 g/mol. The van der Waals surface area contributed by atoms with Gasteiger partial charge in [-0.15, -0.1) is 0 Å². The quantitative estimate of drug-likeness (QED) is 0.288. The Balaban J connectivity index is 1.49. The van der Waals surface area contributed by atoms with Crippen LogP contribution in [0.4, 0.5) is 5.69 Å². The highest BCUT2D eigenvalue weighted by Crippen LogP contribution is 2.30. The van der Waals surface area contributed by atoms with Gasteiger partial charge in [-0.2, -0.15) is 0 Å². The summed E-state index contributed by atoms with van der Waals surface area (Å²) in [6, 6.07) is 34.4. The SMILES string of the molecule is CCOc1ccc(N2C(=O)/C(=C\c3cccc(Oc4ccccc4)c3)N=C2c2ccccc2)cc1. The van der Waals surface area contributed by atoms with Crippen molar-refractivity contribution < 1.29 is 14.3 Å². The number of carbonyl (C=O) groups is 1. The fourth-order valence-electron chi connectivity index (χ4n) is 3.85. The highest BCUT2D eigenvalue weighted by molar-refractivity contribution is 6.33. The third-order valence-corrected chi connectivity index (χ3v) is 5.44. The van der Waals surface area contributed by atoms with E-state index in [2.05, 4.69) is 0 Å². The second-order valence-corrected chi connectivity index (χ2v) is 7.89. The Bertz CT molecular complexity index is 1380. The lowest BCUT2D eigenvalue weighted by Gasteiger charge is -2.19. The normalized spacial score (nSPS) is 14.2. The second-order valence-electron chi connectivity index (χ2n) is 7.89. The Morgan fingerprint density at radius 2 is 1.46 bits per heavy atom. The van der Waals surface area contributed by atoms with Gasteiger partial charge in [0.2, 0.25) is 0 Å². The van der Waals surface area contributed by atoms with Crippen molar-refractivity contribution in [1.29, 1.82) is 0 Å². The van der Waals surface area contributed by atoms with Gasteiger partial charge in [0.1, 0.15) is 28.8 Å². The van der Waals surface area contributed by atoms with Gasteiger partial charge in [-0.25, -0.2) is 4.99 Å². The smallest absolute Gasteiger partial charge is 0.282 e. The zero-order valence-corrected chi connectivity index (χ0v) is 19.3. The summed E-state index contributed by atoms with van der Waals surface area (Å²) >= 11 is 0. The van der Waals surface area contributed by atoms with Gasteiger partial charge < -0.3 is 9.47 Å². The fourth-order valence-corrected chi connectivity index (χ4v) is 3.85. The molecule has 0 saturated carbocycles. The topological polar surface area (TPSA) is 51.1 Å². The van der Waals surface area contributed by atoms with Crippen molar-refractivity contribution in [3.05, 3.63) is 126 Å². The van der Waals surface area contributed by atoms with Gasteiger partial charge in [-0.1, -0.05) is 60.7 Å². The highest BCUT2D eigenvalue weighted by atomic mass is 16.5. The molecule has 1 aliphatic rings. The zero-order chi connectivity index (χ0) is 24.0. The molecule has 0 spiro atoms. The Hall–Kier alpha value is -4.64. The number of hydrogen-bond donors (Lipinski definition) is 0. The van der Waals surface area contributed by atoms with Crippen LogP contribution in [0.2, 0.25) is 0 Å². The largest absolute Gasteiger partial charge is 0.494 e. The van der Waals surface area contributed by atoms with Crippen molar-refractivity contribution in [2.24, 2.45) is 4.99 Å². The van der Waals surface area contributed by atoms with Crippen LogP contribution in [0.25, 0.3) is 6.08 Å². The number of ether oxygens (including phenoxy) is 2. The molecule has 5 rings (SSSR count). The van der Waals surface area contributed by atoms with E-state index in [-0.39, 0.29) is 5.91 Å². The molecule has 1 heterocycles. The van der Waals surface area contributed by atoms with E-state index in [1.54, 1.807) is 11.0 Å². The van der Waals surface area contributed by atoms with Gasteiger partial charge in [-0.3, -0.25) is 9.69 Å². The molecule has 172 valence electrons. The number of amides is 1. The molecule has 0 atom stereocenters. The molecule has 1 amide bonds. The minimum atomic E-state index is -0.192. The Kier molecular flexibility index (Phi) is 6.39. The maximum Gasteiger partial charge on any atom is 0.282 e. The summed E-state index contributed by atoms with van der Waals surface area (Å²) in [6.07, 6.45) is 1.79. The number of amidine groups is 1. The fraction of sp³-hybridized carbons (Fsp3) is 0.0667.